The summed E-state index contributed by atoms with van der Waals surface area (Å²) in [7, 11) is 4.00. The zero-order valence-corrected chi connectivity index (χ0v) is 17.7. The second kappa shape index (κ2) is 8.52. The number of anilines is 1. The van der Waals surface area contributed by atoms with Gasteiger partial charge in [-0.2, -0.15) is 0 Å². The Bertz CT molecular complexity index is 1320. The average molecular weight is 429 g/mol. The van der Waals surface area contributed by atoms with Gasteiger partial charge >= 0.3 is 0 Å². The molecule has 0 bridgehead atoms. The molecule has 4 N–H and O–H groups in total. The van der Waals surface area contributed by atoms with Crippen molar-refractivity contribution in [3.63, 3.8) is 0 Å². The smallest absolute Gasteiger partial charge is 0.292 e. The molecule has 0 fully saturated rings. The van der Waals surface area contributed by atoms with E-state index in [4.69, 9.17) is 10.7 Å². The Morgan fingerprint density at radius 2 is 1.84 bits per heavy atom. The van der Waals surface area contributed by atoms with Crippen molar-refractivity contribution in [1.29, 1.82) is 0 Å². The Morgan fingerprint density at radius 1 is 1.12 bits per heavy atom. The van der Waals surface area contributed by atoms with Gasteiger partial charge in [0.25, 0.3) is 5.69 Å². The van der Waals surface area contributed by atoms with Crippen LogP contribution in [0.3, 0.4) is 0 Å². The molecule has 4 aromatic rings. The summed E-state index contributed by atoms with van der Waals surface area (Å²) in [5.74, 6) is -0.0614. The van der Waals surface area contributed by atoms with Crippen LogP contribution in [0.15, 0.2) is 71.7 Å². The van der Waals surface area contributed by atoms with E-state index in [1.807, 2.05) is 62.6 Å². The molecule has 0 atom stereocenters. The lowest BCUT2D eigenvalue weighted by atomic mass is 9.99. The Balaban J connectivity index is 1.91. The van der Waals surface area contributed by atoms with E-state index >= 15 is 0 Å². The number of fused-ring (bicyclic) bond motifs is 1. The van der Waals surface area contributed by atoms with Crippen LogP contribution in [0.1, 0.15) is 16.7 Å². The number of aromatic amines is 1. The van der Waals surface area contributed by atoms with E-state index in [0.29, 0.717) is 22.5 Å². The number of aromatic hydroxyl groups is 1. The number of aromatic nitrogens is 1. The molecule has 0 saturated carbocycles. The Hall–Kier alpha value is -4.17. The molecule has 0 aliphatic carbocycles. The number of nitrogens with one attached hydrogen (secondary N) is 1. The number of hydrogen-bond acceptors (Lipinski definition) is 6. The molecular formula is C24H23N5O3. The van der Waals surface area contributed by atoms with Crippen molar-refractivity contribution >= 4 is 33.7 Å². The number of nitro groups is 1. The molecule has 3 aromatic carbocycles. The molecule has 1 aromatic heterocycles. The number of para-hydroxylation sites is 1. The van der Waals surface area contributed by atoms with Gasteiger partial charge in [0.1, 0.15) is 5.69 Å². The maximum atomic E-state index is 11.5. The second-order valence-electron chi connectivity index (χ2n) is 7.79. The normalized spacial score (nSPS) is 11.9. The first kappa shape index (κ1) is 21.1. The van der Waals surface area contributed by atoms with E-state index in [9.17, 15) is 15.2 Å². The lowest BCUT2D eigenvalue weighted by Crippen LogP contribution is -2.10. The topological polar surface area (TPSA) is 121 Å². The van der Waals surface area contributed by atoms with Gasteiger partial charge in [-0.05, 0) is 43.9 Å². The Morgan fingerprint density at radius 3 is 2.53 bits per heavy atom. The first-order valence-corrected chi connectivity index (χ1v) is 10.00. The van der Waals surface area contributed by atoms with Gasteiger partial charge in [0.2, 0.25) is 0 Å². The van der Waals surface area contributed by atoms with Crippen LogP contribution in [0, 0.1) is 10.1 Å². The van der Waals surface area contributed by atoms with Crippen LogP contribution >= 0.6 is 0 Å². The summed E-state index contributed by atoms with van der Waals surface area (Å²) in [5.41, 5.74) is 9.53. The van der Waals surface area contributed by atoms with E-state index in [1.165, 1.54) is 12.1 Å². The maximum Gasteiger partial charge on any atom is 0.292 e. The van der Waals surface area contributed by atoms with E-state index in [0.717, 1.165) is 23.0 Å². The molecule has 0 radical (unpaired) electrons. The van der Waals surface area contributed by atoms with Gasteiger partial charge in [0.15, 0.2) is 5.88 Å². The predicted octanol–water partition coefficient (Wildman–Crippen LogP) is 4.59. The van der Waals surface area contributed by atoms with Crippen molar-refractivity contribution in [2.24, 2.45) is 4.99 Å². The molecule has 0 spiro atoms. The summed E-state index contributed by atoms with van der Waals surface area (Å²) in [6.07, 6.45) is 0. The van der Waals surface area contributed by atoms with Gasteiger partial charge in [0, 0.05) is 29.1 Å². The van der Waals surface area contributed by atoms with Crippen LogP contribution in [0.2, 0.25) is 0 Å². The van der Waals surface area contributed by atoms with Crippen LogP contribution in [0.5, 0.6) is 5.88 Å². The number of nitrogens with zero attached hydrogens (tertiary/aromatic N) is 3. The van der Waals surface area contributed by atoms with Crippen LogP contribution in [-0.4, -0.2) is 39.7 Å². The van der Waals surface area contributed by atoms with Crippen molar-refractivity contribution in [2.75, 3.05) is 19.8 Å². The van der Waals surface area contributed by atoms with E-state index in [-0.39, 0.29) is 17.3 Å². The number of benzene rings is 3. The van der Waals surface area contributed by atoms with Gasteiger partial charge in [0.05, 0.1) is 21.9 Å². The largest absolute Gasteiger partial charge is 0.494 e. The first-order valence-electron chi connectivity index (χ1n) is 10.00. The fourth-order valence-electron chi connectivity index (χ4n) is 3.65. The van der Waals surface area contributed by atoms with Gasteiger partial charge in [-0.25, -0.2) is 4.99 Å². The highest BCUT2D eigenvalue weighted by Gasteiger charge is 2.21. The van der Waals surface area contributed by atoms with Gasteiger partial charge in [-0.3, -0.25) is 10.1 Å². The van der Waals surface area contributed by atoms with Crippen LogP contribution in [-0.2, 0) is 6.54 Å². The van der Waals surface area contributed by atoms with Crippen LogP contribution < -0.4 is 5.73 Å². The molecule has 162 valence electrons. The SMILES string of the molecule is CN(C)Cc1ccc(N=C(c2ccc(N)c([N+](=O)[O-])c2)c2c(O)[nH]c3ccccc23)cc1. The highest BCUT2D eigenvalue weighted by atomic mass is 16.6. The maximum absolute atomic E-state index is 11.5. The summed E-state index contributed by atoms with van der Waals surface area (Å²) in [5, 5.41) is 22.9. The molecule has 0 aliphatic rings. The third kappa shape index (κ3) is 4.17. The number of nitrogen functional groups attached to an aromatic ring is 1. The minimum absolute atomic E-state index is 0.0614. The average Bonchev–Trinajstić information content (AvgIpc) is 3.08. The second-order valence-corrected chi connectivity index (χ2v) is 7.79. The van der Waals surface area contributed by atoms with Crippen LogP contribution in [0.4, 0.5) is 17.1 Å². The third-order valence-electron chi connectivity index (χ3n) is 5.10. The van der Waals surface area contributed by atoms with E-state index in [1.54, 1.807) is 6.07 Å². The number of nitro benzene ring substituents is 1. The summed E-state index contributed by atoms with van der Waals surface area (Å²) >= 11 is 0. The summed E-state index contributed by atoms with van der Waals surface area (Å²) in [6, 6.07) is 19.7. The number of nitrogens with two attached hydrogens (primary N) is 1. The molecular weight excluding hydrogens is 406 g/mol. The predicted molar refractivity (Wildman–Crippen MR) is 127 cm³/mol. The fraction of sp³-hybridized carbons (Fsp3) is 0.125. The van der Waals surface area contributed by atoms with Gasteiger partial charge < -0.3 is 20.7 Å². The first-order chi connectivity index (χ1) is 15.3. The highest BCUT2D eigenvalue weighted by Crippen LogP contribution is 2.33. The monoisotopic (exact) mass is 429 g/mol. The molecule has 4 rings (SSSR count). The minimum atomic E-state index is -0.526. The van der Waals surface area contributed by atoms with Crippen molar-refractivity contribution in [1.82, 2.24) is 9.88 Å². The molecule has 0 aliphatic heterocycles. The van der Waals surface area contributed by atoms with Crippen molar-refractivity contribution in [3.05, 3.63) is 93.5 Å². The molecule has 32 heavy (non-hydrogen) atoms. The van der Waals surface area contributed by atoms with Crippen LogP contribution in [0.25, 0.3) is 10.9 Å². The Labute approximate surface area is 184 Å². The Kier molecular flexibility index (Phi) is 5.61. The van der Waals surface area contributed by atoms with Gasteiger partial charge in [-0.15, -0.1) is 0 Å². The van der Waals surface area contributed by atoms with Crippen molar-refractivity contribution < 1.29 is 10.0 Å². The van der Waals surface area contributed by atoms with E-state index in [2.05, 4.69) is 9.88 Å². The summed E-state index contributed by atoms with van der Waals surface area (Å²) in [4.78, 5) is 20.8. The zero-order valence-electron chi connectivity index (χ0n) is 17.7. The lowest BCUT2D eigenvalue weighted by Gasteiger charge is -2.11. The summed E-state index contributed by atoms with van der Waals surface area (Å²) < 4.78 is 0. The highest BCUT2D eigenvalue weighted by molar-refractivity contribution is 6.22. The summed E-state index contributed by atoms with van der Waals surface area (Å²) in [6.45, 7) is 0.796. The quantitative estimate of drug-likeness (QED) is 0.179. The standard InChI is InChI=1S/C24H23N5O3/c1-28(2)14-15-7-10-17(11-8-15)26-23(16-9-12-19(25)21(13-16)29(31)32)22-18-5-3-4-6-20(18)27-24(22)30/h3-13,27,30H,14,25H2,1-2H3. The molecule has 0 saturated heterocycles. The number of rotatable bonds is 6. The van der Waals surface area contributed by atoms with Crippen molar-refractivity contribution in [2.45, 2.75) is 6.54 Å². The van der Waals surface area contributed by atoms with Crippen molar-refractivity contribution in [3.8, 4) is 5.88 Å². The lowest BCUT2D eigenvalue weighted by molar-refractivity contribution is -0.383. The molecule has 8 nitrogen and oxygen atoms in total. The molecule has 0 unspecified atom stereocenters. The molecule has 1 heterocycles. The third-order valence-corrected chi connectivity index (χ3v) is 5.10. The van der Waals surface area contributed by atoms with Gasteiger partial charge in [-0.1, -0.05) is 36.4 Å². The number of H-pyrrole nitrogens is 1. The minimum Gasteiger partial charge on any atom is -0.494 e. The number of aliphatic imine (C=N–C) groups is 1. The molecule has 8 heteroatoms. The fourth-order valence-corrected chi connectivity index (χ4v) is 3.65. The number of hydrogen-bond donors (Lipinski definition) is 3. The zero-order chi connectivity index (χ0) is 22.8. The molecule has 0 amide bonds. The van der Waals surface area contributed by atoms with E-state index < -0.39 is 4.92 Å².